The molecule has 0 saturated heterocycles. The number of carbonyl (C=O) groups excluding carboxylic acids is 2. The second-order valence-electron chi connectivity index (χ2n) is 7.20. The molecule has 6 nitrogen and oxygen atoms in total. The van der Waals surface area contributed by atoms with Crippen LogP contribution in [0, 0.1) is 0 Å². The summed E-state index contributed by atoms with van der Waals surface area (Å²) in [5.41, 5.74) is -2.88. The van der Waals surface area contributed by atoms with Crippen molar-refractivity contribution in [1.29, 1.82) is 0 Å². The number of para-hydroxylation sites is 1. The Kier molecular flexibility index (Phi) is 5.80. The lowest BCUT2D eigenvalue weighted by atomic mass is 9.92. The van der Waals surface area contributed by atoms with Crippen molar-refractivity contribution in [2.24, 2.45) is 0 Å². The van der Waals surface area contributed by atoms with Crippen LogP contribution in [-0.2, 0) is 6.42 Å². The molecular weight excluding hydrogens is 442 g/mol. The summed E-state index contributed by atoms with van der Waals surface area (Å²) in [6, 6.07) is 15.2. The van der Waals surface area contributed by atoms with Crippen LogP contribution >= 0.6 is 11.6 Å². The molecule has 3 aromatic rings. The van der Waals surface area contributed by atoms with E-state index in [4.69, 9.17) is 11.6 Å². The quantitative estimate of drug-likeness (QED) is 0.558. The monoisotopic (exact) mass is 458 g/mol. The smallest absolute Gasteiger partial charge is 0.420 e. The average molecular weight is 459 g/mol. The summed E-state index contributed by atoms with van der Waals surface area (Å²) in [7, 11) is 0. The minimum atomic E-state index is -3.86. The number of ketones is 1. The molecule has 9 heteroatoms. The van der Waals surface area contributed by atoms with Crippen molar-refractivity contribution >= 4 is 29.0 Å². The second-order valence-corrected chi connectivity index (χ2v) is 7.64. The van der Waals surface area contributed by atoms with Crippen LogP contribution in [0.3, 0.4) is 0 Å². The van der Waals surface area contributed by atoms with Gasteiger partial charge in [0.15, 0.2) is 5.78 Å². The molecule has 0 radical (unpaired) electrons. The highest BCUT2D eigenvalue weighted by molar-refractivity contribution is 6.20. The van der Waals surface area contributed by atoms with Crippen molar-refractivity contribution in [3.63, 3.8) is 0 Å². The summed E-state index contributed by atoms with van der Waals surface area (Å²) in [5.74, 6) is -1.06. The molecule has 0 fully saturated rings. The van der Waals surface area contributed by atoms with Crippen molar-refractivity contribution in [3.8, 4) is 11.4 Å². The summed E-state index contributed by atoms with van der Waals surface area (Å²) in [6.07, 6.45) is 1.51. The lowest BCUT2D eigenvalue weighted by molar-refractivity contribution is -0.0964. The topological polar surface area (TPSA) is 77.4 Å². The number of rotatable bonds is 5. The highest BCUT2D eigenvalue weighted by Crippen LogP contribution is 2.27. The van der Waals surface area contributed by atoms with Gasteiger partial charge in [0.1, 0.15) is 11.3 Å². The molecule has 164 valence electrons. The van der Waals surface area contributed by atoms with E-state index in [0.717, 1.165) is 0 Å². The first-order chi connectivity index (χ1) is 15.2. The first-order valence-corrected chi connectivity index (χ1v) is 10.2. The fourth-order valence-corrected chi connectivity index (χ4v) is 3.73. The summed E-state index contributed by atoms with van der Waals surface area (Å²) < 4.78 is 31.1. The van der Waals surface area contributed by atoms with Gasteiger partial charge in [-0.2, -0.15) is 0 Å². The summed E-state index contributed by atoms with van der Waals surface area (Å²) >= 11 is 4.73. The Morgan fingerprint density at radius 1 is 1.03 bits per heavy atom. The molecule has 1 amide bonds. The van der Waals surface area contributed by atoms with Crippen molar-refractivity contribution in [2.75, 3.05) is 5.32 Å². The van der Waals surface area contributed by atoms with E-state index in [0.29, 0.717) is 36.2 Å². The highest BCUT2D eigenvalue weighted by Gasteiger charge is 2.28. The van der Waals surface area contributed by atoms with E-state index in [1.807, 2.05) is 0 Å². The zero-order valence-corrected chi connectivity index (χ0v) is 17.4. The number of hydrogen-bond acceptors (Lipinski definition) is 4. The number of nitrogens with one attached hydrogen (secondary N) is 1. The maximum atomic E-state index is 13.3. The molecule has 0 bridgehead atoms. The molecule has 0 unspecified atom stereocenters. The number of Topliss-reactive ketones (excluding diaryl/α,β-unsaturated/α-hetero) is 1. The van der Waals surface area contributed by atoms with Gasteiger partial charge < -0.3 is 10.1 Å². The first kappa shape index (κ1) is 21.7. The van der Waals surface area contributed by atoms with Crippen LogP contribution < -0.4 is 15.6 Å². The van der Waals surface area contributed by atoms with Crippen molar-refractivity contribution in [2.45, 2.75) is 24.8 Å². The molecule has 0 atom stereocenters. The molecule has 32 heavy (non-hydrogen) atoms. The average Bonchev–Trinajstić information content (AvgIpc) is 2.74. The maximum Gasteiger partial charge on any atom is 0.487 e. The van der Waals surface area contributed by atoms with Crippen LogP contribution in [-0.4, -0.2) is 21.8 Å². The minimum absolute atomic E-state index is 0.131. The highest BCUT2D eigenvalue weighted by atomic mass is 35.5. The minimum Gasteiger partial charge on any atom is -0.420 e. The van der Waals surface area contributed by atoms with E-state index >= 15 is 0 Å². The molecule has 1 N–H and O–H groups in total. The number of amides is 1. The normalized spacial score (nSPS) is 13.4. The number of fused-ring (bicyclic) bond motifs is 1. The van der Waals surface area contributed by atoms with E-state index in [9.17, 15) is 23.2 Å². The zero-order valence-electron chi connectivity index (χ0n) is 16.6. The fourth-order valence-electron chi connectivity index (χ4n) is 3.64. The van der Waals surface area contributed by atoms with E-state index in [2.05, 4.69) is 10.1 Å². The Labute approximate surface area is 186 Å². The molecule has 1 heterocycles. The summed E-state index contributed by atoms with van der Waals surface area (Å²) in [5, 5.41) is 2.55. The second kappa shape index (κ2) is 8.55. The van der Waals surface area contributed by atoms with Gasteiger partial charge in [-0.25, -0.2) is 0 Å². The molecule has 0 spiro atoms. The van der Waals surface area contributed by atoms with E-state index < -0.39 is 17.0 Å². The lowest BCUT2D eigenvalue weighted by Crippen LogP contribution is -2.33. The third-order valence-corrected chi connectivity index (χ3v) is 5.10. The van der Waals surface area contributed by atoms with Gasteiger partial charge in [0, 0.05) is 40.7 Å². The van der Waals surface area contributed by atoms with Crippen LogP contribution in [0.5, 0.6) is 5.75 Å². The van der Waals surface area contributed by atoms with E-state index in [-0.39, 0.29) is 22.8 Å². The van der Waals surface area contributed by atoms with E-state index in [1.54, 1.807) is 30.3 Å². The van der Waals surface area contributed by atoms with Gasteiger partial charge in [0.25, 0.3) is 11.5 Å². The zero-order chi connectivity index (χ0) is 22.9. The number of anilines is 1. The summed E-state index contributed by atoms with van der Waals surface area (Å²) in [4.78, 5) is 38.7. The number of hydrogen-bond donors (Lipinski definition) is 1. The molecule has 1 aliphatic rings. The van der Waals surface area contributed by atoms with Gasteiger partial charge in [-0.15, -0.1) is 8.78 Å². The Balaban J connectivity index is 1.71. The molecular formula is C23H17ClF2N2O4. The lowest BCUT2D eigenvalue weighted by Gasteiger charge is -2.21. The van der Waals surface area contributed by atoms with Crippen LogP contribution in [0.4, 0.5) is 14.5 Å². The largest absolute Gasteiger partial charge is 0.487 e. The standard InChI is InChI=1S/C23H17ClF2N2O4/c24-23(25,26)32-16-11-9-14(10-12-16)27-21(30)18-13-17-19(7-4-8-20(17)29)28(22(18)31)15-5-2-1-3-6-15/h1-3,5-6,9-13H,4,7-8H2,(H,27,30). The Morgan fingerprint density at radius 3 is 2.38 bits per heavy atom. The maximum absolute atomic E-state index is 13.3. The Hall–Kier alpha value is -3.52. The predicted octanol–water partition coefficient (Wildman–Crippen LogP) is 4.78. The third kappa shape index (κ3) is 4.55. The van der Waals surface area contributed by atoms with Crippen LogP contribution in [0.25, 0.3) is 5.69 Å². The summed E-state index contributed by atoms with van der Waals surface area (Å²) in [6.45, 7) is 0. The number of carbonyl (C=O) groups is 2. The predicted molar refractivity (Wildman–Crippen MR) is 115 cm³/mol. The Bertz CT molecular complexity index is 1240. The van der Waals surface area contributed by atoms with Gasteiger partial charge in [-0.1, -0.05) is 18.2 Å². The van der Waals surface area contributed by atoms with Gasteiger partial charge in [-0.3, -0.25) is 19.0 Å². The number of ether oxygens (including phenoxy) is 1. The molecule has 2 aromatic carbocycles. The first-order valence-electron chi connectivity index (χ1n) is 9.77. The number of pyridine rings is 1. The number of halogens is 3. The molecule has 0 saturated carbocycles. The Morgan fingerprint density at radius 2 is 1.72 bits per heavy atom. The molecule has 4 rings (SSSR count). The number of benzene rings is 2. The van der Waals surface area contributed by atoms with Gasteiger partial charge in [0.05, 0.1) is 0 Å². The van der Waals surface area contributed by atoms with Crippen molar-refractivity contribution in [3.05, 3.63) is 87.8 Å². The van der Waals surface area contributed by atoms with Gasteiger partial charge in [-0.05, 0) is 55.3 Å². The number of nitrogens with zero attached hydrogens (tertiary/aromatic N) is 1. The fraction of sp³-hybridized carbons (Fsp3) is 0.174. The SMILES string of the molecule is O=C1CCCc2c1cc(C(=O)Nc1ccc(OC(F)(F)Cl)cc1)c(=O)n2-c1ccccc1. The van der Waals surface area contributed by atoms with Gasteiger partial charge >= 0.3 is 5.57 Å². The van der Waals surface area contributed by atoms with Crippen LogP contribution in [0.2, 0.25) is 0 Å². The third-order valence-electron chi connectivity index (χ3n) is 5.03. The van der Waals surface area contributed by atoms with E-state index in [1.165, 1.54) is 34.9 Å². The molecule has 1 aliphatic carbocycles. The molecule has 0 aliphatic heterocycles. The van der Waals surface area contributed by atoms with Gasteiger partial charge in [0.2, 0.25) is 0 Å². The van der Waals surface area contributed by atoms with Crippen molar-refractivity contribution in [1.82, 2.24) is 4.57 Å². The number of aromatic nitrogens is 1. The number of alkyl halides is 3. The van der Waals surface area contributed by atoms with Crippen LogP contribution in [0.1, 0.15) is 39.3 Å². The van der Waals surface area contributed by atoms with Crippen molar-refractivity contribution < 1.29 is 23.1 Å². The molecule has 1 aromatic heterocycles. The van der Waals surface area contributed by atoms with Crippen LogP contribution in [0.15, 0.2) is 65.5 Å².